The summed E-state index contributed by atoms with van der Waals surface area (Å²) in [4.78, 5) is 40.8. The fraction of sp³-hybridized carbons (Fsp3) is 0.500. The van der Waals surface area contributed by atoms with Crippen LogP contribution in [-0.4, -0.2) is 54.5 Å². The largest absolute Gasteiger partial charge is 0.507 e. The third-order valence-electron chi connectivity index (χ3n) is 3.59. The highest BCUT2D eigenvalue weighted by atomic mass is 16.4. The minimum Gasteiger partial charge on any atom is -0.507 e. The molecule has 0 radical (unpaired) electrons. The number of aromatic hydroxyl groups is 2. The Labute approximate surface area is 174 Å². The maximum Gasteiger partial charge on any atom is 0.343 e. The van der Waals surface area contributed by atoms with E-state index in [1.165, 1.54) is 25.7 Å². The van der Waals surface area contributed by atoms with Gasteiger partial charge < -0.3 is 30.6 Å². The van der Waals surface area contributed by atoms with Gasteiger partial charge in [-0.3, -0.25) is 9.59 Å². The van der Waals surface area contributed by atoms with Crippen LogP contribution in [0.3, 0.4) is 0 Å². The summed E-state index contributed by atoms with van der Waals surface area (Å²) in [6.07, 6.45) is 6.55. The average molecular weight is 430 g/mol. The number of benzene rings is 1. The van der Waals surface area contributed by atoms with Gasteiger partial charge in [0.2, 0.25) is 0 Å². The standard InChI is InChI=1S/C8H6O6.C6H10O4.C6H14/c9-4-2-1-3(7(11)12)6(10)5(4)8(13)14;7-5(8)3-1-2-4-6(9)10;1-3-5-6-4-2/h1-2,9-10H,(H,11,12)(H,13,14);1-4H2,(H,7,8)(H,9,10);3-6H2,1-2H3. The van der Waals surface area contributed by atoms with Crippen molar-refractivity contribution in [3.05, 3.63) is 23.3 Å². The summed E-state index contributed by atoms with van der Waals surface area (Å²) >= 11 is 0. The van der Waals surface area contributed by atoms with E-state index >= 15 is 0 Å². The number of carboxylic acids is 4. The van der Waals surface area contributed by atoms with E-state index < -0.39 is 46.5 Å². The average Bonchev–Trinajstić information content (AvgIpc) is 2.63. The summed E-state index contributed by atoms with van der Waals surface area (Å²) in [5, 5.41) is 51.6. The van der Waals surface area contributed by atoms with Crippen molar-refractivity contribution in [3.63, 3.8) is 0 Å². The normalized spacial score (nSPS) is 9.40. The molecule has 10 heteroatoms. The topological polar surface area (TPSA) is 190 Å². The monoisotopic (exact) mass is 430 g/mol. The van der Waals surface area contributed by atoms with Crippen LogP contribution in [0.4, 0.5) is 0 Å². The lowest BCUT2D eigenvalue weighted by molar-refractivity contribution is -0.139. The summed E-state index contributed by atoms with van der Waals surface area (Å²) in [5.41, 5.74) is -1.38. The second-order valence-electron chi connectivity index (χ2n) is 6.17. The first kappa shape index (κ1) is 28.9. The molecule has 6 N–H and O–H groups in total. The number of hydrogen-bond acceptors (Lipinski definition) is 6. The molecule has 1 rings (SSSR count). The molecule has 0 saturated carbocycles. The van der Waals surface area contributed by atoms with Gasteiger partial charge in [-0.2, -0.15) is 0 Å². The van der Waals surface area contributed by atoms with Crippen molar-refractivity contribution < 1.29 is 49.8 Å². The van der Waals surface area contributed by atoms with Gasteiger partial charge in [0.1, 0.15) is 22.6 Å². The number of aliphatic carboxylic acids is 2. The van der Waals surface area contributed by atoms with Gasteiger partial charge in [-0.1, -0.05) is 39.5 Å². The van der Waals surface area contributed by atoms with Crippen molar-refractivity contribution in [1.82, 2.24) is 0 Å². The van der Waals surface area contributed by atoms with Gasteiger partial charge in [-0.05, 0) is 25.0 Å². The van der Waals surface area contributed by atoms with Gasteiger partial charge in [-0.15, -0.1) is 0 Å². The Morgan fingerprint density at radius 3 is 1.43 bits per heavy atom. The van der Waals surface area contributed by atoms with E-state index in [-0.39, 0.29) is 12.8 Å². The van der Waals surface area contributed by atoms with Crippen LogP contribution in [0.1, 0.15) is 85.9 Å². The Hall–Kier alpha value is -3.30. The summed E-state index contributed by atoms with van der Waals surface area (Å²) in [6.45, 7) is 4.46. The molecule has 0 bridgehead atoms. The first-order chi connectivity index (χ1) is 14.0. The van der Waals surface area contributed by atoms with Crippen molar-refractivity contribution >= 4 is 23.9 Å². The Balaban J connectivity index is 0. The molecule has 170 valence electrons. The van der Waals surface area contributed by atoms with E-state index in [4.69, 9.17) is 25.5 Å². The lowest BCUT2D eigenvalue weighted by Gasteiger charge is -2.04. The van der Waals surface area contributed by atoms with Crippen LogP contribution in [0, 0.1) is 0 Å². The molecule has 0 heterocycles. The molecule has 0 atom stereocenters. The van der Waals surface area contributed by atoms with Crippen molar-refractivity contribution in [2.24, 2.45) is 0 Å². The van der Waals surface area contributed by atoms with Crippen LogP contribution in [0.5, 0.6) is 11.5 Å². The number of carbonyl (C=O) groups is 4. The Bertz CT molecular complexity index is 677. The van der Waals surface area contributed by atoms with Gasteiger partial charge >= 0.3 is 23.9 Å². The van der Waals surface area contributed by atoms with Crippen LogP contribution in [-0.2, 0) is 9.59 Å². The molecule has 0 aliphatic rings. The third kappa shape index (κ3) is 13.8. The smallest absolute Gasteiger partial charge is 0.343 e. The molecule has 0 spiro atoms. The number of carboxylic acid groups (broad SMARTS) is 4. The summed E-state index contributed by atoms with van der Waals surface area (Å²) in [5.74, 6) is -6.44. The molecule has 0 aromatic heterocycles. The van der Waals surface area contributed by atoms with Gasteiger partial charge in [0.15, 0.2) is 0 Å². The number of rotatable bonds is 10. The lowest BCUT2D eigenvalue weighted by atomic mass is 10.1. The zero-order valence-electron chi connectivity index (χ0n) is 17.1. The molecule has 30 heavy (non-hydrogen) atoms. The molecular formula is C20H30O10. The van der Waals surface area contributed by atoms with E-state index in [2.05, 4.69) is 13.8 Å². The predicted octanol–water partition coefficient (Wildman–Crippen LogP) is 3.80. The molecule has 0 aliphatic carbocycles. The summed E-state index contributed by atoms with van der Waals surface area (Å²) in [7, 11) is 0. The summed E-state index contributed by atoms with van der Waals surface area (Å²) in [6, 6.07) is 1.81. The van der Waals surface area contributed by atoms with E-state index in [9.17, 15) is 24.3 Å². The SMILES string of the molecule is CCCCCC.O=C(O)CCCCC(=O)O.O=C(O)c1ccc(O)c(C(=O)O)c1O. The van der Waals surface area contributed by atoms with Crippen LogP contribution < -0.4 is 0 Å². The van der Waals surface area contributed by atoms with Crippen LogP contribution >= 0.6 is 0 Å². The lowest BCUT2D eigenvalue weighted by Crippen LogP contribution is -2.03. The van der Waals surface area contributed by atoms with Crippen LogP contribution in [0.2, 0.25) is 0 Å². The highest BCUT2D eigenvalue weighted by Gasteiger charge is 2.21. The van der Waals surface area contributed by atoms with Gasteiger partial charge in [-0.25, -0.2) is 9.59 Å². The van der Waals surface area contributed by atoms with Gasteiger partial charge in [0.05, 0.1) is 0 Å². The second kappa shape index (κ2) is 16.6. The number of unbranched alkanes of at least 4 members (excludes halogenated alkanes) is 4. The second-order valence-corrected chi connectivity index (χ2v) is 6.17. The van der Waals surface area contributed by atoms with E-state index in [0.29, 0.717) is 12.8 Å². The first-order valence-electron chi connectivity index (χ1n) is 9.44. The Kier molecular flexibility index (Phi) is 16.0. The molecule has 0 aliphatic heterocycles. The molecule has 10 nitrogen and oxygen atoms in total. The van der Waals surface area contributed by atoms with Crippen LogP contribution in [0.25, 0.3) is 0 Å². The first-order valence-corrected chi connectivity index (χ1v) is 9.44. The van der Waals surface area contributed by atoms with Crippen molar-refractivity contribution in [2.45, 2.75) is 65.2 Å². The molecule has 0 fully saturated rings. The zero-order chi connectivity index (χ0) is 23.7. The zero-order valence-corrected chi connectivity index (χ0v) is 17.1. The molecule has 0 unspecified atom stereocenters. The van der Waals surface area contributed by atoms with E-state index in [1.54, 1.807) is 0 Å². The fourth-order valence-electron chi connectivity index (χ4n) is 2.02. The molecule has 1 aromatic carbocycles. The molecule has 0 saturated heterocycles. The third-order valence-corrected chi connectivity index (χ3v) is 3.59. The van der Waals surface area contributed by atoms with Crippen molar-refractivity contribution in [2.75, 3.05) is 0 Å². The van der Waals surface area contributed by atoms with Gasteiger partial charge in [0, 0.05) is 12.8 Å². The quantitative estimate of drug-likeness (QED) is 0.298. The summed E-state index contributed by atoms with van der Waals surface area (Å²) < 4.78 is 0. The number of aromatic carboxylic acids is 2. The highest BCUT2D eigenvalue weighted by molar-refractivity contribution is 6.00. The van der Waals surface area contributed by atoms with E-state index in [1.807, 2.05) is 0 Å². The van der Waals surface area contributed by atoms with Crippen molar-refractivity contribution in [3.8, 4) is 11.5 Å². The number of phenols is 2. The predicted molar refractivity (Wildman–Crippen MR) is 107 cm³/mol. The fourth-order valence-corrected chi connectivity index (χ4v) is 2.02. The minimum atomic E-state index is -1.59. The molecule has 1 aromatic rings. The maximum atomic E-state index is 10.5. The minimum absolute atomic E-state index is 0.0628. The van der Waals surface area contributed by atoms with Crippen molar-refractivity contribution in [1.29, 1.82) is 0 Å². The van der Waals surface area contributed by atoms with E-state index in [0.717, 1.165) is 12.1 Å². The molecule has 0 amide bonds. The molecular weight excluding hydrogens is 400 g/mol. The maximum absolute atomic E-state index is 10.5. The van der Waals surface area contributed by atoms with Gasteiger partial charge in [0.25, 0.3) is 0 Å². The van der Waals surface area contributed by atoms with Crippen LogP contribution in [0.15, 0.2) is 12.1 Å². The highest BCUT2D eigenvalue weighted by Crippen LogP contribution is 2.30. The Morgan fingerprint density at radius 1 is 0.700 bits per heavy atom. The number of hydrogen-bond donors (Lipinski definition) is 6. The Morgan fingerprint density at radius 2 is 1.13 bits per heavy atom.